The SMILES string of the molecule is COc1ccc(C(=O)Nc2ccc3n(c2=O)C[C@H]2C[C@@H]3CN(S(=O)(=O)c3ccccc3C#N)C2)cc1. The van der Waals surface area contributed by atoms with Crippen molar-refractivity contribution < 1.29 is 17.9 Å². The summed E-state index contributed by atoms with van der Waals surface area (Å²) in [4.78, 5) is 25.9. The molecule has 1 fully saturated rings. The molecule has 0 unspecified atom stereocenters. The van der Waals surface area contributed by atoms with Gasteiger partial charge in [-0.2, -0.15) is 9.57 Å². The van der Waals surface area contributed by atoms with Crippen molar-refractivity contribution in [2.45, 2.75) is 23.8 Å². The van der Waals surface area contributed by atoms with Gasteiger partial charge in [0, 0.05) is 36.8 Å². The highest BCUT2D eigenvalue weighted by molar-refractivity contribution is 7.89. The van der Waals surface area contributed by atoms with Crippen LogP contribution < -0.4 is 15.6 Å². The Hall–Kier alpha value is -3.94. The topological polar surface area (TPSA) is 122 Å². The summed E-state index contributed by atoms with van der Waals surface area (Å²) < 4.78 is 34.9. The average Bonchev–Trinajstić information content (AvgIpc) is 2.90. The monoisotopic (exact) mass is 504 g/mol. The summed E-state index contributed by atoms with van der Waals surface area (Å²) >= 11 is 0. The zero-order valence-corrected chi connectivity index (χ0v) is 20.4. The van der Waals surface area contributed by atoms with E-state index in [2.05, 4.69) is 5.32 Å². The van der Waals surface area contributed by atoms with Gasteiger partial charge in [0.2, 0.25) is 10.0 Å². The maximum absolute atomic E-state index is 13.4. The number of nitrogens with zero attached hydrogens (tertiary/aromatic N) is 3. The molecule has 2 bridgehead atoms. The molecule has 5 rings (SSSR count). The number of aromatic nitrogens is 1. The highest BCUT2D eigenvalue weighted by Gasteiger charge is 2.40. The number of hydrogen-bond donors (Lipinski definition) is 1. The van der Waals surface area contributed by atoms with E-state index in [1.54, 1.807) is 60.2 Å². The third-order valence-corrected chi connectivity index (χ3v) is 8.69. The molecule has 9 nitrogen and oxygen atoms in total. The van der Waals surface area contributed by atoms with E-state index in [9.17, 15) is 23.3 Å². The van der Waals surface area contributed by atoms with Crippen LogP contribution in [0.2, 0.25) is 0 Å². The molecule has 1 N–H and O–H groups in total. The van der Waals surface area contributed by atoms with Gasteiger partial charge in [0.25, 0.3) is 11.5 Å². The number of hydrogen-bond acceptors (Lipinski definition) is 6. The average molecular weight is 505 g/mol. The van der Waals surface area contributed by atoms with E-state index < -0.39 is 15.9 Å². The van der Waals surface area contributed by atoms with E-state index in [0.29, 0.717) is 17.9 Å². The third kappa shape index (κ3) is 4.17. The van der Waals surface area contributed by atoms with Crippen LogP contribution in [0.3, 0.4) is 0 Å². The number of rotatable bonds is 5. The second-order valence-electron chi connectivity index (χ2n) is 9.00. The predicted molar refractivity (Wildman–Crippen MR) is 132 cm³/mol. The van der Waals surface area contributed by atoms with Gasteiger partial charge in [0.15, 0.2) is 0 Å². The summed E-state index contributed by atoms with van der Waals surface area (Å²) in [5.74, 6) is -0.00933. The molecule has 2 aliphatic heterocycles. The number of sulfonamides is 1. The smallest absolute Gasteiger partial charge is 0.274 e. The fourth-order valence-electron chi connectivity index (χ4n) is 5.05. The molecule has 0 saturated carbocycles. The molecule has 10 heteroatoms. The summed E-state index contributed by atoms with van der Waals surface area (Å²) in [6.07, 6.45) is 0.767. The van der Waals surface area contributed by atoms with Crippen LogP contribution in [0, 0.1) is 17.2 Å². The second-order valence-corrected chi connectivity index (χ2v) is 10.9. The molecular formula is C26H24N4O5S. The number of piperidine rings is 1. The minimum absolute atomic E-state index is 0.00135. The summed E-state index contributed by atoms with van der Waals surface area (Å²) in [5.41, 5.74) is 1.12. The molecular weight excluding hydrogens is 480 g/mol. The van der Waals surface area contributed by atoms with E-state index >= 15 is 0 Å². The lowest BCUT2D eigenvalue weighted by molar-refractivity contribution is 0.102. The number of anilines is 1. The summed E-state index contributed by atoms with van der Waals surface area (Å²) in [6.45, 7) is 0.825. The number of methoxy groups -OCH3 is 1. The quantitative estimate of drug-likeness (QED) is 0.570. The fourth-order valence-corrected chi connectivity index (χ4v) is 6.76. The largest absolute Gasteiger partial charge is 0.497 e. The van der Waals surface area contributed by atoms with Gasteiger partial charge in [-0.25, -0.2) is 8.42 Å². The van der Waals surface area contributed by atoms with Gasteiger partial charge in [0.05, 0.1) is 17.6 Å². The molecule has 36 heavy (non-hydrogen) atoms. The van der Waals surface area contributed by atoms with Gasteiger partial charge in [-0.05, 0) is 60.9 Å². The molecule has 0 spiro atoms. The molecule has 0 aliphatic carbocycles. The van der Waals surface area contributed by atoms with E-state index in [0.717, 1.165) is 12.1 Å². The van der Waals surface area contributed by atoms with Crippen molar-refractivity contribution in [3.8, 4) is 11.8 Å². The second kappa shape index (κ2) is 9.26. The lowest BCUT2D eigenvalue weighted by Crippen LogP contribution is -2.49. The minimum atomic E-state index is -3.86. The zero-order valence-electron chi connectivity index (χ0n) is 19.5. The van der Waals surface area contributed by atoms with Crippen LogP contribution in [-0.4, -0.2) is 43.4 Å². The van der Waals surface area contributed by atoms with Crippen LogP contribution in [0.1, 0.15) is 34.0 Å². The van der Waals surface area contributed by atoms with Gasteiger partial charge in [-0.1, -0.05) is 12.1 Å². The Morgan fingerprint density at radius 2 is 1.81 bits per heavy atom. The van der Waals surface area contributed by atoms with Crippen molar-refractivity contribution in [3.05, 3.63) is 87.8 Å². The van der Waals surface area contributed by atoms with Crippen LogP contribution in [0.4, 0.5) is 5.69 Å². The standard InChI is InChI=1S/C26H24N4O5S/c1-35-21-8-6-18(7-9-21)25(31)28-22-10-11-23-20-12-17(15-30(23)26(22)32)14-29(16-20)36(33,34)24-5-3-2-4-19(24)13-27/h2-11,17,20H,12,14-16H2,1H3,(H,28,31)/t17-,20+/m0/s1. The molecule has 3 aromatic rings. The number of carbonyl (C=O) groups is 1. The lowest BCUT2D eigenvalue weighted by Gasteiger charge is -2.42. The number of amides is 1. The van der Waals surface area contributed by atoms with Crippen molar-refractivity contribution in [2.24, 2.45) is 5.92 Å². The Bertz CT molecular complexity index is 1540. The summed E-state index contributed by atoms with van der Waals surface area (Å²) in [5, 5.41) is 12.1. The minimum Gasteiger partial charge on any atom is -0.497 e. The highest BCUT2D eigenvalue weighted by Crippen LogP contribution is 2.38. The molecule has 2 aromatic carbocycles. The van der Waals surface area contributed by atoms with Gasteiger partial charge < -0.3 is 14.6 Å². The van der Waals surface area contributed by atoms with Crippen molar-refractivity contribution in [2.75, 3.05) is 25.5 Å². The molecule has 1 saturated heterocycles. The predicted octanol–water partition coefficient (Wildman–Crippen LogP) is 2.79. The Labute approximate surface area is 208 Å². The maximum Gasteiger partial charge on any atom is 0.274 e. The van der Waals surface area contributed by atoms with E-state index in [1.807, 2.05) is 6.07 Å². The lowest BCUT2D eigenvalue weighted by atomic mass is 9.84. The molecule has 184 valence electrons. The van der Waals surface area contributed by atoms with Crippen LogP contribution in [0.25, 0.3) is 0 Å². The Balaban J connectivity index is 1.40. The van der Waals surface area contributed by atoms with Crippen LogP contribution in [0.5, 0.6) is 5.75 Å². The normalized spacial score (nSPS) is 19.1. The van der Waals surface area contributed by atoms with Gasteiger partial charge >= 0.3 is 0 Å². The molecule has 3 heterocycles. The molecule has 1 aromatic heterocycles. The van der Waals surface area contributed by atoms with Crippen molar-refractivity contribution >= 4 is 21.6 Å². The van der Waals surface area contributed by atoms with Crippen LogP contribution in [0.15, 0.2) is 70.4 Å². The summed E-state index contributed by atoms with van der Waals surface area (Å²) in [6, 6.07) is 18.1. The molecule has 1 amide bonds. The number of carbonyl (C=O) groups excluding carboxylic acids is 1. The van der Waals surface area contributed by atoms with E-state index in [4.69, 9.17) is 4.74 Å². The Morgan fingerprint density at radius 3 is 2.53 bits per heavy atom. The van der Waals surface area contributed by atoms with Crippen molar-refractivity contribution in [3.63, 3.8) is 0 Å². The van der Waals surface area contributed by atoms with Crippen LogP contribution >= 0.6 is 0 Å². The number of fused-ring (bicyclic) bond motifs is 4. The highest BCUT2D eigenvalue weighted by atomic mass is 32.2. The molecule has 2 atom stereocenters. The first-order valence-corrected chi connectivity index (χ1v) is 12.9. The Morgan fingerprint density at radius 1 is 1.06 bits per heavy atom. The molecule has 2 aliphatic rings. The van der Waals surface area contributed by atoms with Crippen LogP contribution in [-0.2, 0) is 16.6 Å². The third-order valence-electron chi connectivity index (χ3n) is 6.80. The van der Waals surface area contributed by atoms with Crippen molar-refractivity contribution in [1.82, 2.24) is 8.87 Å². The first-order valence-electron chi connectivity index (χ1n) is 11.5. The first kappa shape index (κ1) is 23.8. The first-order chi connectivity index (χ1) is 17.3. The molecule has 0 radical (unpaired) electrons. The van der Waals surface area contributed by atoms with Gasteiger partial charge in [-0.15, -0.1) is 0 Å². The fraction of sp³-hybridized carbons (Fsp3) is 0.269. The van der Waals surface area contributed by atoms with Gasteiger partial charge in [-0.3, -0.25) is 9.59 Å². The van der Waals surface area contributed by atoms with E-state index in [1.165, 1.54) is 16.4 Å². The summed E-state index contributed by atoms with van der Waals surface area (Å²) in [7, 11) is -2.32. The number of ether oxygens (including phenoxy) is 1. The number of benzene rings is 2. The Kier molecular flexibility index (Phi) is 6.12. The number of nitriles is 1. The zero-order chi connectivity index (χ0) is 25.4. The number of pyridine rings is 1. The van der Waals surface area contributed by atoms with Crippen molar-refractivity contribution in [1.29, 1.82) is 5.26 Å². The van der Waals surface area contributed by atoms with Gasteiger partial charge in [0.1, 0.15) is 17.5 Å². The van der Waals surface area contributed by atoms with E-state index in [-0.39, 0.29) is 46.6 Å². The maximum atomic E-state index is 13.4. The number of nitrogens with one attached hydrogen (secondary N) is 1.